The van der Waals surface area contributed by atoms with Crippen LogP contribution in [0, 0.1) is 0 Å². The molecule has 0 saturated heterocycles. The Morgan fingerprint density at radius 1 is 0.541 bits per heavy atom. The molecular formula is C32H33NO2Si2. The Morgan fingerprint density at radius 2 is 0.919 bits per heavy atom. The summed E-state index contributed by atoms with van der Waals surface area (Å²) in [6.07, 6.45) is 0. The van der Waals surface area contributed by atoms with Crippen LogP contribution in [0.3, 0.4) is 0 Å². The van der Waals surface area contributed by atoms with E-state index < -0.39 is 21.7 Å². The van der Waals surface area contributed by atoms with E-state index in [-0.39, 0.29) is 11.1 Å². The Balaban J connectivity index is 1.96. The summed E-state index contributed by atoms with van der Waals surface area (Å²) < 4.78 is 1.50. The van der Waals surface area contributed by atoms with Gasteiger partial charge in [-0.25, -0.2) is 0 Å². The Labute approximate surface area is 218 Å². The second kappa shape index (κ2) is 6.51. The maximum Gasteiger partial charge on any atom is 0.262 e. The molecule has 0 amide bonds. The Kier molecular flexibility index (Phi) is 4.07. The lowest BCUT2D eigenvalue weighted by Crippen LogP contribution is -2.39. The normalized spacial score (nSPS) is 14.3. The SMILES string of the molecule is CC(C)(C)n1c(=O)c2c3cc([Si](C)(C)C)c4ccc5ccc6c([Si](C)(C)C)cc(c2c1=O)c1c6c5c4c31. The van der Waals surface area contributed by atoms with E-state index in [1.165, 1.54) is 58.0 Å². The summed E-state index contributed by atoms with van der Waals surface area (Å²) in [5.74, 6) is 0. The fraction of sp³-hybridized carbons (Fsp3) is 0.312. The van der Waals surface area contributed by atoms with Gasteiger partial charge in [0.1, 0.15) is 0 Å². The smallest absolute Gasteiger partial charge is 0.262 e. The Morgan fingerprint density at radius 3 is 1.27 bits per heavy atom. The zero-order valence-corrected chi connectivity index (χ0v) is 25.2. The van der Waals surface area contributed by atoms with Crippen molar-refractivity contribution in [3.63, 3.8) is 0 Å². The molecule has 0 atom stereocenters. The number of rotatable bonds is 2. The molecule has 0 unspecified atom stereocenters. The van der Waals surface area contributed by atoms with E-state index in [9.17, 15) is 9.59 Å². The average molecular weight is 520 g/mol. The number of hydrogen-bond acceptors (Lipinski definition) is 2. The molecule has 0 bridgehead atoms. The molecule has 0 saturated carbocycles. The van der Waals surface area contributed by atoms with Crippen LogP contribution in [0.4, 0.5) is 0 Å². The van der Waals surface area contributed by atoms with Crippen LogP contribution >= 0.6 is 0 Å². The van der Waals surface area contributed by atoms with Crippen LogP contribution in [0.2, 0.25) is 39.3 Å². The summed E-state index contributed by atoms with van der Waals surface area (Å²) in [5.41, 5.74) is -0.883. The highest BCUT2D eigenvalue weighted by molar-refractivity contribution is 6.91. The van der Waals surface area contributed by atoms with Gasteiger partial charge >= 0.3 is 0 Å². The third kappa shape index (κ3) is 2.66. The van der Waals surface area contributed by atoms with Crippen molar-refractivity contribution in [3.05, 3.63) is 57.1 Å². The number of hydrogen-bond donors (Lipinski definition) is 0. The minimum atomic E-state index is -1.78. The average Bonchev–Trinajstić information content (AvgIpc) is 3.27. The van der Waals surface area contributed by atoms with E-state index >= 15 is 0 Å². The summed E-state index contributed by atoms with van der Waals surface area (Å²) in [6, 6.07) is 13.7. The summed E-state index contributed by atoms with van der Waals surface area (Å²) in [4.78, 5) is 28.3. The highest BCUT2D eigenvalue weighted by Gasteiger charge is 2.33. The van der Waals surface area contributed by atoms with Crippen molar-refractivity contribution < 1.29 is 0 Å². The van der Waals surface area contributed by atoms with E-state index in [2.05, 4.69) is 75.7 Å². The molecule has 0 radical (unpaired) electrons. The van der Waals surface area contributed by atoms with Crippen molar-refractivity contribution in [1.82, 2.24) is 4.57 Å². The lowest BCUT2D eigenvalue weighted by atomic mass is 9.95. The fourth-order valence-corrected chi connectivity index (χ4v) is 10.2. The first kappa shape index (κ1) is 23.1. The second-order valence-corrected chi connectivity index (χ2v) is 24.2. The molecule has 0 fully saturated rings. The van der Waals surface area contributed by atoms with E-state index in [0.29, 0.717) is 10.8 Å². The summed E-state index contributed by atoms with van der Waals surface area (Å²) in [5, 5.41) is 16.1. The zero-order valence-electron chi connectivity index (χ0n) is 23.2. The first-order chi connectivity index (χ1) is 17.1. The van der Waals surface area contributed by atoms with Crippen molar-refractivity contribution >= 4 is 91.2 Å². The molecule has 7 rings (SSSR count). The van der Waals surface area contributed by atoms with Gasteiger partial charge in [0, 0.05) is 5.54 Å². The van der Waals surface area contributed by atoms with Crippen molar-refractivity contribution in [1.29, 1.82) is 0 Å². The monoisotopic (exact) mass is 519 g/mol. The van der Waals surface area contributed by atoms with Gasteiger partial charge in [0.15, 0.2) is 0 Å². The number of fused-ring (bicyclic) bond motifs is 3. The van der Waals surface area contributed by atoms with Crippen molar-refractivity contribution in [3.8, 4) is 0 Å². The lowest BCUT2D eigenvalue weighted by Gasteiger charge is -2.21. The third-order valence-electron chi connectivity index (χ3n) is 8.54. The van der Waals surface area contributed by atoms with Crippen molar-refractivity contribution in [2.24, 2.45) is 0 Å². The number of aromatic nitrogens is 1. The molecule has 0 aliphatic carbocycles. The predicted octanol–water partition coefficient (Wildman–Crippen LogP) is 6.72. The minimum Gasteiger partial charge on any atom is -0.269 e. The van der Waals surface area contributed by atoms with E-state index in [1.807, 2.05) is 20.8 Å². The van der Waals surface area contributed by atoms with E-state index in [0.717, 1.165) is 10.8 Å². The fourth-order valence-electron chi connectivity index (χ4n) is 7.04. The van der Waals surface area contributed by atoms with Crippen LogP contribution in [-0.4, -0.2) is 20.7 Å². The van der Waals surface area contributed by atoms with Crippen LogP contribution in [0.15, 0.2) is 46.0 Å². The molecule has 6 aromatic carbocycles. The van der Waals surface area contributed by atoms with Gasteiger partial charge in [0.2, 0.25) is 0 Å². The van der Waals surface area contributed by atoms with Gasteiger partial charge in [-0.05, 0) is 74.6 Å². The van der Waals surface area contributed by atoms with Crippen LogP contribution in [0.5, 0.6) is 0 Å². The second-order valence-electron chi connectivity index (χ2n) is 14.1. The predicted molar refractivity (Wildman–Crippen MR) is 168 cm³/mol. The van der Waals surface area contributed by atoms with Crippen molar-refractivity contribution in [2.75, 3.05) is 0 Å². The van der Waals surface area contributed by atoms with E-state index in [4.69, 9.17) is 0 Å². The van der Waals surface area contributed by atoms with Crippen LogP contribution < -0.4 is 21.5 Å². The molecule has 0 aliphatic heterocycles. The van der Waals surface area contributed by atoms with Crippen molar-refractivity contribution in [2.45, 2.75) is 65.6 Å². The lowest BCUT2D eigenvalue weighted by molar-refractivity contribution is 0.380. The minimum absolute atomic E-state index is 0.145. The van der Waals surface area contributed by atoms with Gasteiger partial charge in [0.25, 0.3) is 11.1 Å². The van der Waals surface area contributed by atoms with Crippen LogP contribution in [0.1, 0.15) is 20.8 Å². The van der Waals surface area contributed by atoms with Gasteiger partial charge in [-0.1, -0.05) is 86.1 Å². The number of benzene rings is 5. The molecule has 0 spiro atoms. The van der Waals surface area contributed by atoms with Gasteiger partial charge in [-0.15, -0.1) is 0 Å². The molecule has 3 nitrogen and oxygen atoms in total. The molecule has 1 aromatic heterocycles. The molecule has 37 heavy (non-hydrogen) atoms. The maximum atomic E-state index is 14.2. The molecule has 1 heterocycles. The summed E-state index contributed by atoms with van der Waals surface area (Å²) in [7, 11) is -3.56. The van der Waals surface area contributed by atoms with Gasteiger partial charge in [-0.2, -0.15) is 0 Å². The molecule has 186 valence electrons. The maximum absolute atomic E-state index is 14.2. The molecule has 0 aliphatic rings. The molecule has 7 aromatic rings. The standard InChI is InChI=1S/C32H33NO2Si2/c1-32(2,3)33-30(34)28-19-14-21(36(4,5)6)17-12-10-16-11-13-18-22(37(7,8)9)15-20(29(28)31(33)35)27-25(18)23(16)24(17)26(19)27/h10-15H,1-9H3. The van der Waals surface area contributed by atoms with E-state index in [1.54, 1.807) is 0 Å². The first-order valence-electron chi connectivity index (χ1n) is 13.3. The number of nitrogens with zero attached hydrogens (tertiary/aromatic N) is 1. The first-order valence-corrected chi connectivity index (χ1v) is 20.3. The third-order valence-corrected chi connectivity index (χ3v) is 12.6. The molecule has 5 heteroatoms. The Bertz CT molecular complexity index is 2030. The molecular weight excluding hydrogens is 487 g/mol. The van der Waals surface area contributed by atoms with Gasteiger partial charge < -0.3 is 0 Å². The quantitative estimate of drug-likeness (QED) is 0.188. The largest absolute Gasteiger partial charge is 0.269 e. The topological polar surface area (TPSA) is 39.1 Å². The summed E-state index contributed by atoms with van der Waals surface area (Å²) >= 11 is 0. The summed E-state index contributed by atoms with van der Waals surface area (Å²) in [6.45, 7) is 20.1. The zero-order chi connectivity index (χ0) is 26.6. The highest BCUT2D eigenvalue weighted by atomic mass is 28.3. The Hall–Kier alpha value is -3.03. The molecule has 0 N–H and O–H groups in total. The van der Waals surface area contributed by atoms with Gasteiger partial charge in [-0.3, -0.25) is 14.2 Å². The van der Waals surface area contributed by atoms with Crippen LogP contribution in [0.25, 0.3) is 64.6 Å². The highest BCUT2D eigenvalue weighted by Crippen LogP contribution is 2.49. The van der Waals surface area contributed by atoms with Crippen LogP contribution in [-0.2, 0) is 5.54 Å². The van der Waals surface area contributed by atoms with Gasteiger partial charge in [0.05, 0.1) is 26.9 Å².